The van der Waals surface area contributed by atoms with Gasteiger partial charge in [0.1, 0.15) is 36.2 Å². The summed E-state index contributed by atoms with van der Waals surface area (Å²) in [5.74, 6) is -0.483. The molecule has 1 aliphatic rings. The quantitative estimate of drug-likeness (QED) is 0.238. The van der Waals surface area contributed by atoms with Gasteiger partial charge < -0.3 is 46.5 Å². The lowest BCUT2D eigenvalue weighted by atomic mass is 9.95. The summed E-state index contributed by atoms with van der Waals surface area (Å²) in [6.07, 6.45) is -3.61. The number of ether oxygens (including phenoxy) is 1. The normalized spacial score (nSPS) is 30.0. The number of nitrogens with two attached hydrogens (primary N) is 1. The number of rotatable bonds is 6. The molecular formula is C15H23N7O6. The second-order valence-electron chi connectivity index (χ2n) is 6.53. The molecule has 0 spiro atoms. The zero-order valence-electron chi connectivity index (χ0n) is 14.9. The molecule has 0 saturated carbocycles. The van der Waals surface area contributed by atoms with Crippen LogP contribution in [0.1, 0.15) is 6.92 Å². The zero-order chi connectivity index (χ0) is 20.4. The van der Waals surface area contributed by atoms with Crippen LogP contribution >= 0.6 is 0 Å². The first-order valence-electron chi connectivity index (χ1n) is 8.60. The first-order chi connectivity index (χ1) is 13.3. The molecule has 1 saturated heterocycles. The second-order valence-corrected chi connectivity index (χ2v) is 6.53. The summed E-state index contributed by atoms with van der Waals surface area (Å²) in [7, 11) is 0. The van der Waals surface area contributed by atoms with Gasteiger partial charge in [0.2, 0.25) is 5.91 Å². The van der Waals surface area contributed by atoms with Gasteiger partial charge in [-0.05, 0) is 6.92 Å². The van der Waals surface area contributed by atoms with E-state index in [1.165, 1.54) is 19.6 Å². The molecule has 0 aliphatic carbocycles. The van der Waals surface area contributed by atoms with Crippen LogP contribution in [0.15, 0.2) is 12.7 Å². The van der Waals surface area contributed by atoms with Crippen molar-refractivity contribution in [3.63, 3.8) is 0 Å². The molecular weight excluding hydrogens is 374 g/mol. The summed E-state index contributed by atoms with van der Waals surface area (Å²) in [5.41, 5.74) is 6.42. The lowest BCUT2D eigenvalue weighted by Gasteiger charge is -2.43. The van der Waals surface area contributed by atoms with E-state index < -0.39 is 55.2 Å². The smallest absolute Gasteiger partial charge is 0.239 e. The van der Waals surface area contributed by atoms with Crippen molar-refractivity contribution < 1.29 is 30.0 Å². The minimum Gasteiger partial charge on any atom is -0.394 e. The first kappa shape index (κ1) is 20.3. The Morgan fingerprint density at radius 2 is 2.11 bits per heavy atom. The van der Waals surface area contributed by atoms with E-state index in [2.05, 4.69) is 30.6 Å². The highest BCUT2D eigenvalue weighted by molar-refractivity contribution is 5.83. The van der Waals surface area contributed by atoms with E-state index in [4.69, 9.17) is 10.5 Å². The minimum absolute atomic E-state index is 0.272. The van der Waals surface area contributed by atoms with E-state index >= 15 is 0 Å². The van der Waals surface area contributed by atoms with Crippen molar-refractivity contribution in [1.29, 1.82) is 0 Å². The monoisotopic (exact) mass is 397 g/mol. The van der Waals surface area contributed by atoms with Gasteiger partial charge in [-0.2, -0.15) is 0 Å². The lowest BCUT2D eigenvalue weighted by Crippen LogP contribution is -2.67. The molecule has 3 rings (SSSR count). The number of amides is 1. The van der Waals surface area contributed by atoms with Gasteiger partial charge in [-0.3, -0.25) is 4.79 Å². The largest absolute Gasteiger partial charge is 0.394 e. The van der Waals surface area contributed by atoms with Gasteiger partial charge in [-0.15, -0.1) is 0 Å². The highest BCUT2D eigenvalue weighted by Gasteiger charge is 2.45. The van der Waals surface area contributed by atoms with Gasteiger partial charge in [0.25, 0.3) is 0 Å². The van der Waals surface area contributed by atoms with Gasteiger partial charge in [0.05, 0.1) is 25.1 Å². The molecule has 2 aromatic rings. The van der Waals surface area contributed by atoms with Gasteiger partial charge in [0, 0.05) is 0 Å². The van der Waals surface area contributed by atoms with Crippen LogP contribution in [0, 0.1) is 0 Å². The Morgan fingerprint density at radius 1 is 1.36 bits per heavy atom. The van der Waals surface area contributed by atoms with E-state index in [1.807, 2.05) is 0 Å². The van der Waals surface area contributed by atoms with Crippen LogP contribution in [0.25, 0.3) is 11.2 Å². The van der Waals surface area contributed by atoms with E-state index in [-0.39, 0.29) is 5.82 Å². The Kier molecular flexibility index (Phi) is 6.02. The van der Waals surface area contributed by atoms with Crippen LogP contribution in [0.3, 0.4) is 0 Å². The van der Waals surface area contributed by atoms with Crippen LogP contribution in [0.4, 0.5) is 5.82 Å². The predicted octanol–water partition coefficient (Wildman–Crippen LogP) is -3.60. The van der Waals surface area contributed by atoms with Gasteiger partial charge in [-0.25, -0.2) is 15.0 Å². The molecule has 1 amide bonds. The molecule has 13 heteroatoms. The topological polar surface area (TPSA) is 212 Å². The summed E-state index contributed by atoms with van der Waals surface area (Å²) in [4.78, 5) is 26.9. The van der Waals surface area contributed by atoms with Crippen molar-refractivity contribution in [2.24, 2.45) is 5.73 Å². The molecule has 0 radical (unpaired) electrons. The van der Waals surface area contributed by atoms with Gasteiger partial charge in [0.15, 0.2) is 17.7 Å². The van der Waals surface area contributed by atoms with Gasteiger partial charge in [-0.1, -0.05) is 0 Å². The molecule has 0 bridgehead atoms. The van der Waals surface area contributed by atoms with Gasteiger partial charge >= 0.3 is 0 Å². The number of anilines is 1. The minimum atomic E-state index is -1.49. The number of carbonyl (C=O) groups excluding carboxylic acids is 1. The highest BCUT2D eigenvalue weighted by Crippen LogP contribution is 2.24. The number of hydrogen-bond donors (Lipinski definition) is 8. The summed E-state index contributed by atoms with van der Waals surface area (Å²) >= 11 is 0. The number of aliphatic hydroxyl groups excluding tert-OH is 4. The molecule has 7 atom stereocenters. The van der Waals surface area contributed by atoms with Crippen molar-refractivity contribution in [3.05, 3.63) is 12.7 Å². The summed E-state index contributed by atoms with van der Waals surface area (Å²) in [6.45, 7) is 0.786. The highest BCUT2D eigenvalue weighted by atomic mass is 16.5. The number of hydrogen-bond acceptors (Lipinski definition) is 11. The third kappa shape index (κ3) is 3.89. The first-order valence-corrected chi connectivity index (χ1v) is 8.60. The number of fused-ring (bicyclic) bond motifs is 1. The van der Waals surface area contributed by atoms with Crippen molar-refractivity contribution >= 4 is 22.9 Å². The molecule has 9 N–H and O–H groups in total. The fourth-order valence-corrected chi connectivity index (χ4v) is 2.91. The number of nitrogens with zero attached hydrogens (tertiary/aromatic N) is 3. The van der Waals surface area contributed by atoms with Crippen LogP contribution in [0.2, 0.25) is 0 Å². The maximum atomic E-state index is 12.1. The molecule has 1 fully saturated rings. The number of aliphatic hydroxyl groups is 4. The Labute approximate surface area is 159 Å². The van der Waals surface area contributed by atoms with Crippen LogP contribution in [-0.2, 0) is 9.53 Å². The Hall–Kier alpha value is -2.42. The number of nitrogens with one attached hydrogen (secondary N) is 3. The van der Waals surface area contributed by atoms with Crippen LogP contribution < -0.4 is 16.4 Å². The Bertz CT molecular complexity index is 815. The van der Waals surface area contributed by atoms with E-state index in [0.717, 1.165) is 0 Å². The second kappa shape index (κ2) is 8.30. The molecule has 0 aromatic carbocycles. The number of imidazole rings is 1. The van der Waals surface area contributed by atoms with Crippen molar-refractivity contribution in [1.82, 2.24) is 25.3 Å². The molecule has 2 aromatic heterocycles. The average Bonchev–Trinajstić information content (AvgIpc) is 3.16. The standard InChI is InChI=1S/C15H23N7O6/c1-5(24)7(16)14(27)21-8-6(2-23)28-15(11(26)10(8)25)22-13-9-12(18-3-17-9)19-4-20-13/h3-8,10-11,15,23-26H,2,16H2,1H3,(H,21,27)(H2,17,18,19,20,22)/t5-,6+,7+,8+,10-,11+,15+/m1/s1. The molecule has 0 unspecified atom stereocenters. The van der Waals surface area contributed by atoms with Crippen LogP contribution in [0.5, 0.6) is 0 Å². The number of aromatic amines is 1. The van der Waals surface area contributed by atoms with E-state index in [0.29, 0.717) is 11.2 Å². The maximum Gasteiger partial charge on any atom is 0.239 e. The van der Waals surface area contributed by atoms with E-state index in [9.17, 15) is 25.2 Å². The van der Waals surface area contributed by atoms with Crippen molar-refractivity contribution in [2.45, 2.75) is 49.7 Å². The molecule has 154 valence electrons. The summed E-state index contributed by atoms with van der Waals surface area (Å²) < 4.78 is 5.62. The average molecular weight is 397 g/mol. The fourth-order valence-electron chi connectivity index (χ4n) is 2.91. The SMILES string of the molecule is C[C@@H](O)[C@H](N)C(=O)N[C@@H]1[C@@H](O)[C@H](O)[C@@H](Nc2ncnc3nc[nH]c23)O[C@H]1CO. The number of aromatic nitrogens is 4. The summed E-state index contributed by atoms with van der Waals surface area (Å²) in [6, 6.07) is -2.39. The fraction of sp³-hybridized carbons (Fsp3) is 0.600. The van der Waals surface area contributed by atoms with E-state index in [1.54, 1.807) is 0 Å². The molecule has 1 aliphatic heterocycles. The third-order valence-electron chi connectivity index (χ3n) is 4.56. The van der Waals surface area contributed by atoms with Crippen molar-refractivity contribution in [3.8, 4) is 0 Å². The predicted molar refractivity (Wildman–Crippen MR) is 94.7 cm³/mol. The van der Waals surface area contributed by atoms with Crippen LogP contribution in [-0.4, -0.2) is 95.6 Å². The molecule has 3 heterocycles. The summed E-state index contributed by atoms with van der Waals surface area (Å²) in [5, 5.41) is 45.2. The number of H-pyrrole nitrogens is 1. The zero-order valence-corrected chi connectivity index (χ0v) is 14.9. The Morgan fingerprint density at radius 3 is 2.79 bits per heavy atom. The Balaban J connectivity index is 1.75. The molecule has 28 heavy (non-hydrogen) atoms. The lowest BCUT2D eigenvalue weighted by molar-refractivity contribution is -0.185. The maximum absolute atomic E-state index is 12.1. The third-order valence-corrected chi connectivity index (χ3v) is 4.56. The van der Waals surface area contributed by atoms with Crippen molar-refractivity contribution in [2.75, 3.05) is 11.9 Å². The molecule has 13 nitrogen and oxygen atoms in total. The number of carbonyl (C=O) groups is 1.